The fourth-order valence-electron chi connectivity index (χ4n) is 2.70. The van der Waals surface area contributed by atoms with Crippen LogP contribution in [0.1, 0.15) is 65.7 Å². The van der Waals surface area contributed by atoms with Gasteiger partial charge in [0.2, 0.25) is 0 Å². The van der Waals surface area contributed by atoms with Crippen LogP contribution in [0.3, 0.4) is 0 Å². The minimum atomic E-state index is -1.02. The molecule has 1 saturated heterocycles. The third kappa shape index (κ3) is 4.04. The zero-order chi connectivity index (χ0) is 12.1. The summed E-state index contributed by atoms with van der Waals surface area (Å²) < 4.78 is 19.1. The molecule has 0 amide bonds. The molecule has 1 aliphatic heterocycles. The molecule has 1 aliphatic rings. The second-order valence-electron chi connectivity index (χ2n) is 5.84. The van der Waals surface area contributed by atoms with Crippen molar-refractivity contribution < 1.29 is 9.13 Å². The molecule has 0 atom stereocenters. The summed E-state index contributed by atoms with van der Waals surface area (Å²) in [6.07, 6.45) is 7.87. The molecule has 0 unspecified atom stereocenters. The van der Waals surface area contributed by atoms with Gasteiger partial charge in [-0.1, -0.05) is 46.5 Å². The van der Waals surface area contributed by atoms with E-state index in [1.54, 1.807) is 0 Å². The van der Waals surface area contributed by atoms with Crippen molar-refractivity contribution in [3.63, 3.8) is 0 Å². The van der Waals surface area contributed by atoms with Crippen LogP contribution in [-0.2, 0) is 4.74 Å². The average molecular weight is 230 g/mol. The summed E-state index contributed by atoms with van der Waals surface area (Å²) in [6, 6.07) is 0. The number of halogens is 1. The Morgan fingerprint density at radius 2 is 1.62 bits per heavy atom. The van der Waals surface area contributed by atoms with Crippen LogP contribution in [0.2, 0.25) is 0 Å². The molecule has 0 radical (unpaired) electrons. The van der Waals surface area contributed by atoms with E-state index in [1.165, 1.54) is 25.7 Å². The Kier molecular flexibility index (Phi) is 5.23. The molecular weight excluding hydrogens is 203 g/mol. The minimum Gasteiger partial charge on any atom is -0.375 e. The number of ether oxygens (including phenoxy) is 1. The van der Waals surface area contributed by atoms with Crippen LogP contribution in [0.25, 0.3) is 0 Å². The van der Waals surface area contributed by atoms with Crippen molar-refractivity contribution in [3.05, 3.63) is 0 Å². The van der Waals surface area contributed by atoms with E-state index in [0.717, 1.165) is 12.8 Å². The van der Waals surface area contributed by atoms with Crippen LogP contribution < -0.4 is 0 Å². The van der Waals surface area contributed by atoms with Crippen molar-refractivity contribution >= 4 is 0 Å². The normalized spacial score (nSPS) is 19.5. The maximum atomic E-state index is 14.1. The molecule has 0 spiro atoms. The highest BCUT2D eigenvalue weighted by Crippen LogP contribution is 2.42. The standard InChI is InChI=1S/C14H27FO/c1-4-6-8-13(3,9-7-5-2)10-14(15)11-16-12-14/h4-12H2,1-3H3. The van der Waals surface area contributed by atoms with Crippen LogP contribution in [0.15, 0.2) is 0 Å². The van der Waals surface area contributed by atoms with Gasteiger partial charge in [-0.2, -0.15) is 0 Å². The third-order valence-corrected chi connectivity index (χ3v) is 3.73. The molecule has 0 N–H and O–H groups in total. The maximum Gasteiger partial charge on any atom is 0.157 e. The van der Waals surface area contributed by atoms with Crippen LogP contribution >= 0.6 is 0 Å². The van der Waals surface area contributed by atoms with E-state index in [4.69, 9.17) is 4.74 Å². The fraction of sp³-hybridized carbons (Fsp3) is 1.00. The van der Waals surface area contributed by atoms with Gasteiger partial charge in [-0.05, 0) is 24.7 Å². The molecule has 16 heavy (non-hydrogen) atoms. The number of unbranched alkanes of at least 4 members (excludes halogenated alkanes) is 2. The molecular formula is C14H27FO. The fourth-order valence-corrected chi connectivity index (χ4v) is 2.70. The van der Waals surface area contributed by atoms with Gasteiger partial charge in [0.05, 0.1) is 13.2 Å². The van der Waals surface area contributed by atoms with Crippen molar-refractivity contribution in [3.8, 4) is 0 Å². The lowest BCUT2D eigenvalue weighted by Crippen LogP contribution is -2.48. The predicted octanol–water partition coefficient (Wildman–Crippen LogP) is 4.50. The summed E-state index contributed by atoms with van der Waals surface area (Å²) in [7, 11) is 0. The van der Waals surface area contributed by atoms with Gasteiger partial charge in [0.15, 0.2) is 5.67 Å². The van der Waals surface area contributed by atoms with Crippen LogP contribution in [0, 0.1) is 5.41 Å². The Hall–Kier alpha value is -0.110. The van der Waals surface area contributed by atoms with Gasteiger partial charge in [-0.25, -0.2) is 4.39 Å². The van der Waals surface area contributed by atoms with Crippen molar-refractivity contribution in [1.29, 1.82) is 0 Å². The molecule has 96 valence electrons. The molecule has 1 nitrogen and oxygen atoms in total. The van der Waals surface area contributed by atoms with Gasteiger partial charge in [0.1, 0.15) is 0 Å². The largest absolute Gasteiger partial charge is 0.375 e. The number of alkyl halides is 1. The lowest BCUT2D eigenvalue weighted by atomic mass is 9.72. The van der Waals surface area contributed by atoms with E-state index < -0.39 is 5.67 Å². The quantitative estimate of drug-likeness (QED) is 0.596. The highest BCUT2D eigenvalue weighted by molar-refractivity contribution is 4.92. The molecule has 0 aromatic rings. The first kappa shape index (κ1) is 14.0. The average Bonchev–Trinajstić information content (AvgIpc) is 2.22. The van der Waals surface area contributed by atoms with E-state index in [0.29, 0.717) is 19.6 Å². The molecule has 2 heteroatoms. The van der Waals surface area contributed by atoms with E-state index in [-0.39, 0.29) is 5.41 Å². The van der Waals surface area contributed by atoms with Gasteiger partial charge >= 0.3 is 0 Å². The Morgan fingerprint density at radius 1 is 1.12 bits per heavy atom. The molecule has 1 fully saturated rings. The van der Waals surface area contributed by atoms with Gasteiger partial charge in [-0.15, -0.1) is 0 Å². The van der Waals surface area contributed by atoms with Crippen molar-refractivity contribution in [2.45, 2.75) is 71.4 Å². The van der Waals surface area contributed by atoms with E-state index in [1.807, 2.05) is 0 Å². The first-order chi connectivity index (χ1) is 7.54. The topological polar surface area (TPSA) is 9.23 Å². The van der Waals surface area contributed by atoms with Crippen molar-refractivity contribution in [2.24, 2.45) is 5.41 Å². The lowest BCUT2D eigenvalue weighted by molar-refractivity contribution is -0.149. The maximum absolute atomic E-state index is 14.1. The smallest absolute Gasteiger partial charge is 0.157 e. The molecule has 1 rings (SSSR count). The van der Waals surface area contributed by atoms with Crippen molar-refractivity contribution in [2.75, 3.05) is 13.2 Å². The Balaban J connectivity index is 2.47. The SMILES string of the molecule is CCCCC(C)(CCCC)CC1(F)COC1. The molecule has 1 heterocycles. The van der Waals surface area contributed by atoms with Gasteiger partial charge < -0.3 is 4.74 Å². The monoisotopic (exact) mass is 230 g/mol. The van der Waals surface area contributed by atoms with Gasteiger partial charge in [0, 0.05) is 0 Å². The van der Waals surface area contributed by atoms with Crippen LogP contribution in [-0.4, -0.2) is 18.9 Å². The summed E-state index contributed by atoms with van der Waals surface area (Å²) in [5.41, 5.74) is -0.833. The van der Waals surface area contributed by atoms with Gasteiger partial charge in [-0.3, -0.25) is 0 Å². The van der Waals surface area contributed by atoms with E-state index in [9.17, 15) is 4.39 Å². The molecule has 0 aromatic carbocycles. The Morgan fingerprint density at radius 3 is 1.94 bits per heavy atom. The Bertz CT molecular complexity index is 191. The number of rotatable bonds is 8. The molecule has 0 aromatic heterocycles. The second kappa shape index (κ2) is 6.00. The zero-order valence-corrected chi connectivity index (χ0v) is 11.2. The third-order valence-electron chi connectivity index (χ3n) is 3.73. The zero-order valence-electron chi connectivity index (χ0n) is 11.2. The van der Waals surface area contributed by atoms with E-state index in [2.05, 4.69) is 20.8 Å². The first-order valence-electron chi connectivity index (χ1n) is 6.80. The Labute approximate surface area is 99.8 Å². The summed E-state index contributed by atoms with van der Waals surface area (Å²) in [5.74, 6) is 0. The lowest BCUT2D eigenvalue weighted by Gasteiger charge is -2.41. The molecule has 0 saturated carbocycles. The summed E-state index contributed by atoms with van der Waals surface area (Å²) in [5, 5.41) is 0. The summed E-state index contributed by atoms with van der Waals surface area (Å²) >= 11 is 0. The second-order valence-corrected chi connectivity index (χ2v) is 5.84. The predicted molar refractivity (Wildman–Crippen MR) is 66.4 cm³/mol. The molecule has 0 aliphatic carbocycles. The summed E-state index contributed by atoms with van der Waals surface area (Å²) in [4.78, 5) is 0. The first-order valence-corrected chi connectivity index (χ1v) is 6.80. The minimum absolute atomic E-state index is 0.185. The van der Waals surface area contributed by atoms with Crippen molar-refractivity contribution in [1.82, 2.24) is 0 Å². The highest BCUT2D eigenvalue weighted by Gasteiger charge is 2.44. The van der Waals surface area contributed by atoms with E-state index >= 15 is 0 Å². The highest BCUT2D eigenvalue weighted by atomic mass is 19.1. The number of hydrogen-bond donors (Lipinski definition) is 0. The van der Waals surface area contributed by atoms with Crippen LogP contribution in [0.4, 0.5) is 4.39 Å². The van der Waals surface area contributed by atoms with Gasteiger partial charge in [0.25, 0.3) is 0 Å². The summed E-state index contributed by atoms with van der Waals surface area (Å²) in [6.45, 7) is 7.31. The van der Waals surface area contributed by atoms with Crippen LogP contribution in [0.5, 0.6) is 0 Å². The molecule has 0 bridgehead atoms. The number of hydrogen-bond acceptors (Lipinski definition) is 1.